The summed E-state index contributed by atoms with van der Waals surface area (Å²) in [6.45, 7) is 16.9. The Balaban J connectivity index is 3.17. The van der Waals surface area contributed by atoms with Crippen molar-refractivity contribution >= 4 is 11.8 Å². The second-order valence-electron chi connectivity index (χ2n) is 6.80. The Bertz CT molecular complexity index is 665. The fraction of sp³-hybridized carbons (Fsp3) is 0.435. The van der Waals surface area contributed by atoms with E-state index in [1.807, 2.05) is 25.5 Å². The smallest absolute Gasteiger partial charge is 0.0299 e. The molecule has 0 fully saturated rings. The highest BCUT2D eigenvalue weighted by Crippen LogP contribution is 2.34. The van der Waals surface area contributed by atoms with Crippen molar-refractivity contribution in [3.8, 4) is 0 Å². The number of hydrogen-bond acceptors (Lipinski definition) is 2. The van der Waals surface area contributed by atoms with Crippen LogP contribution in [0.4, 0.5) is 0 Å². The van der Waals surface area contributed by atoms with E-state index in [9.17, 15) is 0 Å². The predicted octanol–water partition coefficient (Wildman–Crippen LogP) is 6.56. The first-order chi connectivity index (χ1) is 11.9. The maximum atomic E-state index is 4.30. The maximum absolute atomic E-state index is 4.30. The Morgan fingerprint density at radius 3 is 2.52 bits per heavy atom. The summed E-state index contributed by atoms with van der Waals surface area (Å²) in [7, 11) is 2.07. The van der Waals surface area contributed by atoms with E-state index in [1.54, 1.807) is 0 Å². The van der Waals surface area contributed by atoms with Crippen molar-refractivity contribution in [3.05, 3.63) is 65.6 Å². The van der Waals surface area contributed by atoms with Gasteiger partial charge >= 0.3 is 0 Å². The average Bonchev–Trinajstić information content (AvgIpc) is 2.59. The van der Waals surface area contributed by atoms with Crippen LogP contribution in [0, 0.1) is 12.8 Å². The number of allylic oxidation sites excluding steroid dienone is 3. The molecule has 25 heavy (non-hydrogen) atoms. The number of hydrogen-bond donors (Lipinski definition) is 0. The lowest BCUT2D eigenvalue weighted by Gasteiger charge is -2.28. The summed E-state index contributed by atoms with van der Waals surface area (Å²) in [5, 5.41) is 0. The first kappa shape index (κ1) is 21.0. The van der Waals surface area contributed by atoms with Gasteiger partial charge in [-0.3, -0.25) is 4.99 Å². The molecule has 0 saturated heterocycles. The van der Waals surface area contributed by atoms with E-state index in [4.69, 9.17) is 0 Å². The summed E-state index contributed by atoms with van der Waals surface area (Å²) < 4.78 is 0. The second kappa shape index (κ2) is 10.0. The van der Waals surface area contributed by atoms with Gasteiger partial charge in [-0.15, -0.1) is 0 Å². The molecule has 2 atom stereocenters. The molecule has 1 aromatic carbocycles. The minimum atomic E-state index is 0.466. The zero-order valence-electron chi connectivity index (χ0n) is 17.0. The molecule has 0 N–H and O–H groups in total. The van der Waals surface area contributed by atoms with Gasteiger partial charge in [-0.2, -0.15) is 0 Å². The van der Waals surface area contributed by atoms with Crippen molar-refractivity contribution < 1.29 is 0 Å². The van der Waals surface area contributed by atoms with Crippen molar-refractivity contribution in [3.63, 3.8) is 0 Å². The summed E-state index contributed by atoms with van der Waals surface area (Å²) >= 11 is 0. The van der Waals surface area contributed by atoms with Gasteiger partial charge in [0.25, 0.3) is 0 Å². The number of aryl methyl sites for hydroxylation is 1. The van der Waals surface area contributed by atoms with Crippen LogP contribution in [0.3, 0.4) is 0 Å². The summed E-state index contributed by atoms with van der Waals surface area (Å²) in [4.78, 5) is 6.42. The molecule has 1 rings (SSSR count). The molecule has 1 aromatic rings. The van der Waals surface area contributed by atoms with Gasteiger partial charge in [0.2, 0.25) is 0 Å². The third-order valence-corrected chi connectivity index (χ3v) is 4.85. The molecule has 2 nitrogen and oxygen atoms in total. The zero-order valence-corrected chi connectivity index (χ0v) is 17.0. The quantitative estimate of drug-likeness (QED) is 0.490. The van der Waals surface area contributed by atoms with Gasteiger partial charge in [0.1, 0.15) is 0 Å². The molecule has 0 bridgehead atoms. The molecule has 0 aliphatic rings. The van der Waals surface area contributed by atoms with Gasteiger partial charge < -0.3 is 4.90 Å². The highest BCUT2D eigenvalue weighted by Gasteiger charge is 2.19. The molecule has 0 radical (unpaired) electrons. The van der Waals surface area contributed by atoms with E-state index < -0.39 is 0 Å². The molecule has 2 heteroatoms. The Hall–Kier alpha value is -2.09. The minimum Gasteiger partial charge on any atom is -0.355 e. The lowest BCUT2D eigenvalue weighted by Crippen LogP contribution is -2.18. The van der Waals surface area contributed by atoms with Gasteiger partial charge in [-0.05, 0) is 74.4 Å². The van der Waals surface area contributed by atoms with E-state index in [0.29, 0.717) is 11.8 Å². The molecule has 136 valence electrons. The minimum absolute atomic E-state index is 0.466. The van der Waals surface area contributed by atoms with Gasteiger partial charge in [0, 0.05) is 25.2 Å². The third kappa shape index (κ3) is 5.45. The van der Waals surface area contributed by atoms with E-state index in [0.717, 1.165) is 6.42 Å². The van der Waals surface area contributed by atoms with E-state index in [-0.39, 0.29) is 0 Å². The van der Waals surface area contributed by atoms with E-state index >= 15 is 0 Å². The van der Waals surface area contributed by atoms with Gasteiger partial charge in [-0.1, -0.05) is 44.7 Å². The Morgan fingerprint density at radius 1 is 1.28 bits per heavy atom. The van der Waals surface area contributed by atoms with Crippen LogP contribution >= 0.6 is 0 Å². The summed E-state index contributed by atoms with van der Waals surface area (Å²) in [5.74, 6) is 0.932. The highest BCUT2D eigenvalue weighted by molar-refractivity contribution is 5.69. The van der Waals surface area contributed by atoms with Crippen molar-refractivity contribution in [1.29, 1.82) is 0 Å². The zero-order chi connectivity index (χ0) is 19.0. The molecule has 0 aliphatic carbocycles. The Labute approximate surface area is 154 Å². The van der Waals surface area contributed by atoms with Crippen LogP contribution < -0.4 is 0 Å². The lowest BCUT2D eigenvalue weighted by atomic mass is 9.83. The molecule has 0 saturated carbocycles. The van der Waals surface area contributed by atoms with Gasteiger partial charge in [0.15, 0.2) is 0 Å². The van der Waals surface area contributed by atoms with Crippen LogP contribution in [0.25, 0.3) is 5.57 Å². The van der Waals surface area contributed by atoms with Crippen LogP contribution in [-0.4, -0.2) is 18.2 Å². The first-order valence-corrected chi connectivity index (χ1v) is 9.13. The van der Waals surface area contributed by atoms with Crippen molar-refractivity contribution in [2.24, 2.45) is 10.9 Å². The molecular weight excluding hydrogens is 304 g/mol. The van der Waals surface area contributed by atoms with Crippen molar-refractivity contribution in [1.82, 2.24) is 4.90 Å². The topological polar surface area (TPSA) is 15.6 Å². The van der Waals surface area contributed by atoms with E-state index in [1.165, 1.54) is 28.0 Å². The lowest BCUT2D eigenvalue weighted by molar-refractivity contribution is 0.428. The number of aliphatic imine (C=N–C) groups is 1. The number of nitrogens with zero attached hydrogens (tertiary/aromatic N) is 2. The van der Waals surface area contributed by atoms with E-state index in [2.05, 4.69) is 82.4 Å². The number of benzene rings is 1. The molecule has 0 heterocycles. The normalized spacial score (nSPS) is 15.3. The van der Waals surface area contributed by atoms with Crippen LogP contribution in [-0.2, 0) is 0 Å². The SMILES string of the molecule is C=CN(C)/C(=C\C)C(C)CC(C)c1c(C)cccc1/C(C)=C/N=C\C. The highest BCUT2D eigenvalue weighted by atomic mass is 15.1. The summed E-state index contributed by atoms with van der Waals surface area (Å²) in [6.07, 6.45) is 8.95. The fourth-order valence-corrected chi connectivity index (χ4v) is 3.64. The molecular formula is C23H34N2. The molecule has 0 aliphatic heterocycles. The summed E-state index contributed by atoms with van der Waals surface area (Å²) in [5.41, 5.74) is 6.63. The van der Waals surface area contributed by atoms with Crippen LogP contribution in [0.1, 0.15) is 63.6 Å². The third-order valence-electron chi connectivity index (χ3n) is 4.85. The van der Waals surface area contributed by atoms with Crippen LogP contribution in [0.5, 0.6) is 0 Å². The van der Waals surface area contributed by atoms with Crippen molar-refractivity contribution in [2.75, 3.05) is 7.05 Å². The summed E-state index contributed by atoms with van der Waals surface area (Å²) in [6, 6.07) is 6.57. The standard InChI is InChI=1S/C23H34N2/c1-9-22(25(8)11-3)18(5)15-19(6)23-17(4)13-12-14-21(23)20(7)16-24-10-2/h9-14,16,18-19H,3,15H2,1-2,4-8H3/b20-16+,22-9-,24-10-. The fourth-order valence-electron chi connectivity index (χ4n) is 3.64. The molecule has 2 unspecified atom stereocenters. The maximum Gasteiger partial charge on any atom is 0.0299 e. The number of rotatable bonds is 8. The Kier molecular flexibility index (Phi) is 8.40. The van der Waals surface area contributed by atoms with Crippen LogP contribution in [0.15, 0.2) is 53.9 Å². The van der Waals surface area contributed by atoms with Gasteiger partial charge in [0.05, 0.1) is 0 Å². The second-order valence-corrected chi connectivity index (χ2v) is 6.80. The largest absolute Gasteiger partial charge is 0.355 e. The molecule has 0 spiro atoms. The first-order valence-electron chi connectivity index (χ1n) is 9.13. The average molecular weight is 339 g/mol. The van der Waals surface area contributed by atoms with Crippen molar-refractivity contribution in [2.45, 2.75) is 53.9 Å². The van der Waals surface area contributed by atoms with Gasteiger partial charge in [-0.25, -0.2) is 0 Å². The molecule has 0 aromatic heterocycles. The predicted molar refractivity (Wildman–Crippen MR) is 113 cm³/mol. The van der Waals surface area contributed by atoms with Crippen LogP contribution in [0.2, 0.25) is 0 Å². The monoisotopic (exact) mass is 338 g/mol. The Morgan fingerprint density at radius 2 is 1.96 bits per heavy atom. The molecule has 0 amide bonds.